The molecule has 1 aromatic carbocycles. The summed E-state index contributed by atoms with van der Waals surface area (Å²) in [5.41, 5.74) is 0. The summed E-state index contributed by atoms with van der Waals surface area (Å²) in [5, 5.41) is 5.23. The third kappa shape index (κ3) is 1.98. The zero-order chi connectivity index (χ0) is 9.35. The molecule has 6 heteroatoms. The van der Waals surface area contributed by atoms with Gasteiger partial charge in [0.05, 0.1) is 14.4 Å². The van der Waals surface area contributed by atoms with Gasteiger partial charge in [0.2, 0.25) is 10.0 Å². The van der Waals surface area contributed by atoms with Crippen LogP contribution in [0.4, 0.5) is 0 Å². The number of benzene rings is 1. The Kier molecular flexibility index (Phi) is 2.77. The summed E-state index contributed by atoms with van der Waals surface area (Å²) < 4.78 is 22.1. The van der Waals surface area contributed by atoms with E-state index in [0.29, 0.717) is 9.50 Å². The maximum Gasteiger partial charge on any atom is 0.239 e. The highest BCUT2D eigenvalue weighted by Gasteiger charge is 2.13. The van der Waals surface area contributed by atoms with E-state index in [9.17, 15) is 8.42 Å². The number of sulfonamides is 1. The van der Waals surface area contributed by atoms with Crippen molar-refractivity contribution in [3.63, 3.8) is 0 Å². The van der Waals surface area contributed by atoms with Crippen LogP contribution in [0.15, 0.2) is 27.6 Å². The number of hydrogen-bond acceptors (Lipinski definition) is 2. The summed E-state index contributed by atoms with van der Waals surface area (Å²) in [4.78, 5) is -0.00463. The number of primary sulfonamides is 1. The van der Waals surface area contributed by atoms with Crippen molar-refractivity contribution in [1.29, 1.82) is 0 Å². The van der Waals surface area contributed by atoms with Crippen molar-refractivity contribution in [2.24, 2.45) is 5.14 Å². The monoisotopic (exact) mass is 269 g/mol. The van der Waals surface area contributed by atoms with Gasteiger partial charge in [-0.25, -0.2) is 13.6 Å². The maximum absolute atomic E-state index is 10.9. The van der Waals surface area contributed by atoms with Gasteiger partial charge < -0.3 is 0 Å². The SMILES string of the molecule is NS(=O)(=O)c1cccc(Cl)c1Br. The van der Waals surface area contributed by atoms with Crippen LogP contribution >= 0.6 is 27.5 Å². The molecule has 0 saturated heterocycles. The minimum atomic E-state index is -3.69. The molecule has 12 heavy (non-hydrogen) atoms. The van der Waals surface area contributed by atoms with Crippen molar-refractivity contribution >= 4 is 37.6 Å². The second-order valence-electron chi connectivity index (χ2n) is 2.10. The summed E-state index contributed by atoms with van der Waals surface area (Å²) in [7, 11) is -3.69. The van der Waals surface area contributed by atoms with Gasteiger partial charge in [0.25, 0.3) is 0 Å². The Morgan fingerprint density at radius 3 is 2.42 bits per heavy atom. The van der Waals surface area contributed by atoms with Crippen LogP contribution in [0.2, 0.25) is 5.02 Å². The van der Waals surface area contributed by atoms with Crippen LogP contribution in [0.1, 0.15) is 0 Å². The van der Waals surface area contributed by atoms with Gasteiger partial charge >= 0.3 is 0 Å². The van der Waals surface area contributed by atoms with Crippen molar-refractivity contribution in [3.05, 3.63) is 27.7 Å². The van der Waals surface area contributed by atoms with Gasteiger partial charge in [-0.15, -0.1) is 0 Å². The van der Waals surface area contributed by atoms with E-state index in [1.165, 1.54) is 12.1 Å². The lowest BCUT2D eigenvalue weighted by molar-refractivity contribution is 0.597. The predicted molar refractivity (Wildman–Crippen MR) is 50.5 cm³/mol. The van der Waals surface area contributed by atoms with Gasteiger partial charge in [-0.2, -0.15) is 0 Å². The van der Waals surface area contributed by atoms with E-state index in [4.69, 9.17) is 16.7 Å². The van der Waals surface area contributed by atoms with Crippen LogP contribution < -0.4 is 5.14 Å². The Labute approximate surface area is 83.7 Å². The molecule has 0 aliphatic carbocycles. The van der Waals surface area contributed by atoms with Gasteiger partial charge in [-0.3, -0.25) is 0 Å². The third-order valence-corrected chi connectivity index (χ3v) is 3.84. The van der Waals surface area contributed by atoms with E-state index in [1.807, 2.05) is 0 Å². The smallest absolute Gasteiger partial charge is 0.225 e. The summed E-state index contributed by atoms with van der Waals surface area (Å²) in [6, 6.07) is 4.47. The van der Waals surface area contributed by atoms with E-state index >= 15 is 0 Å². The van der Waals surface area contributed by atoms with Gasteiger partial charge in [0.1, 0.15) is 0 Å². The minimum Gasteiger partial charge on any atom is -0.225 e. The van der Waals surface area contributed by atoms with E-state index in [1.54, 1.807) is 6.07 Å². The average Bonchev–Trinajstić information content (AvgIpc) is 1.92. The Balaban J connectivity index is 3.47. The lowest BCUT2D eigenvalue weighted by Gasteiger charge is -2.01. The molecule has 0 aliphatic rings. The molecule has 0 saturated carbocycles. The van der Waals surface area contributed by atoms with Crippen LogP contribution in [0.3, 0.4) is 0 Å². The molecule has 0 bridgehead atoms. The first-order chi connectivity index (χ1) is 5.43. The van der Waals surface area contributed by atoms with E-state index in [-0.39, 0.29) is 4.90 Å². The molecule has 0 fully saturated rings. The fourth-order valence-corrected chi connectivity index (χ4v) is 2.50. The first kappa shape index (κ1) is 9.98. The minimum absolute atomic E-state index is 0.00463. The third-order valence-electron chi connectivity index (χ3n) is 1.22. The van der Waals surface area contributed by atoms with Crippen molar-refractivity contribution in [2.45, 2.75) is 4.90 Å². The molecule has 0 heterocycles. The number of hydrogen-bond donors (Lipinski definition) is 1. The Morgan fingerprint density at radius 1 is 1.42 bits per heavy atom. The molecule has 0 aromatic heterocycles. The van der Waals surface area contributed by atoms with E-state index in [2.05, 4.69) is 15.9 Å². The lowest BCUT2D eigenvalue weighted by atomic mass is 10.4. The normalized spacial score (nSPS) is 11.6. The fourth-order valence-electron chi connectivity index (χ4n) is 0.704. The second kappa shape index (κ2) is 3.33. The van der Waals surface area contributed by atoms with Crippen molar-refractivity contribution in [1.82, 2.24) is 0 Å². The zero-order valence-corrected chi connectivity index (χ0v) is 8.95. The second-order valence-corrected chi connectivity index (χ2v) is 4.83. The molecular weight excluding hydrogens is 265 g/mol. The van der Waals surface area contributed by atoms with Crippen molar-refractivity contribution in [2.75, 3.05) is 0 Å². The van der Waals surface area contributed by atoms with Gasteiger partial charge in [-0.05, 0) is 28.1 Å². The first-order valence-corrected chi connectivity index (χ1v) is 5.61. The molecule has 0 unspecified atom stereocenters. The highest BCUT2D eigenvalue weighted by molar-refractivity contribution is 9.10. The molecule has 0 radical (unpaired) electrons. The number of nitrogens with two attached hydrogens (primary N) is 1. The molecule has 1 aromatic rings. The summed E-state index contributed by atoms with van der Waals surface area (Å²) >= 11 is 8.68. The maximum atomic E-state index is 10.9. The number of halogens is 2. The first-order valence-electron chi connectivity index (χ1n) is 2.90. The molecule has 0 amide bonds. The van der Waals surface area contributed by atoms with Crippen LogP contribution in [0.25, 0.3) is 0 Å². The molecule has 1 rings (SSSR count). The molecule has 0 atom stereocenters. The van der Waals surface area contributed by atoms with Crippen LogP contribution in [-0.4, -0.2) is 8.42 Å². The average molecular weight is 271 g/mol. The van der Waals surface area contributed by atoms with Crippen LogP contribution in [-0.2, 0) is 10.0 Å². The summed E-state index contributed by atoms with van der Waals surface area (Å²) in [6.07, 6.45) is 0. The zero-order valence-electron chi connectivity index (χ0n) is 5.79. The standard InChI is InChI=1S/C6H5BrClNO2S/c7-6-4(8)2-1-3-5(6)12(9,10)11/h1-3H,(H2,9,10,11). The van der Waals surface area contributed by atoms with Crippen molar-refractivity contribution in [3.8, 4) is 0 Å². The molecule has 0 aliphatic heterocycles. The Bertz CT molecular complexity index is 404. The highest BCUT2D eigenvalue weighted by Crippen LogP contribution is 2.28. The molecule has 0 spiro atoms. The summed E-state index contributed by atoms with van der Waals surface area (Å²) in [5.74, 6) is 0. The highest BCUT2D eigenvalue weighted by atomic mass is 79.9. The molecule has 2 N–H and O–H groups in total. The lowest BCUT2D eigenvalue weighted by Crippen LogP contribution is -2.12. The van der Waals surface area contributed by atoms with E-state index < -0.39 is 10.0 Å². The van der Waals surface area contributed by atoms with Gasteiger partial charge in [0.15, 0.2) is 0 Å². The fraction of sp³-hybridized carbons (Fsp3) is 0. The summed E-state index contributed by atoms with van der Waals surface area (Å²) in [6.45, 7) is 0. The van der Waals surface area contributed by atoms with Crippen molar-refractivity contribution < 1.29 is 8.42 Å². The van der Waals surface area contributed by atoms with Gasteiger partial charge in [-0.1, -0.05) is 17.7 Å². The van der Waals surface area contributed by atoms with Crippen LogP contribution in [0.5, 0.6) is 0 Å². The molecule has 66 valence electrons. The van der Waals surface area contributed by atoms with E-state index in [0.717, 1.165) is 0 Å². The largest absolute Gasteiger partial charge is 0.239 e. The molecular formula is C6H5BrClNO2S. The number of rotatable bonds is 1. The topological polar surface area (TPSA) is 60.2 Å². The van der Waals surface area contributed by atoms with Gasteiger partial charge in [0, 0.05) is 0 Å². The molecule has 3 nitrogen and oxygen atoms in total. The Hall–Kier alpha value is -0.100. The van der Waals surface area contributed by atoms with Crippen LogP contribution in [0, 0.1) is 0 Å². The Morgan fingerprint density at radius 2 is 2.00 bits per heavy atom. The quantitative estimate of drug-likeness (QED) is 0.845. The predicted octanol–water partition coefficient (Wildman–Crippen LogP) is 1.75.